The average molecular weight is 445 g/mol. The molecule has 7 nitrogen and oxygen atoms in total. The summed E-state index contributed by atoms with van der Waals surface area (Å²) < 4.78 is 29.5. The van der Waals surface area contributed by atoms with Gasteiger partial charge in [0.1, 0.15) is 5.01 Å². The molecule has 1 aliphatic rings. The van der Waals surface area contributed by atoms with Gasteiger partial charge in [0, 0.05) is 18.7 Å². The number of hydrogen-bond donors (Lipinski definition) is 0. The van der Waals surface area contributed by atoms with Crippen LogP contribution in [0.15, 0.2) is 48.5 Å². The highest BCUT2D eigenvalue weighted by molar-refractivity contribution is 7.91. The van der Waals surface area contributed by atoms with E-state index in [0.29, 0.717) is 22.6 Å². The molecular formula is C21H20N2O5S2. The van der Waals surface area contributed by atoms with Crippen LogP contribution in [0.4, 0.5) is 0 Å². The molecular weight excluding hydrogens is 424 g/mol. The first-order valence-corrected chi connectivity index (χ1v) is 12.1. The number of fused-ring (bicyclic) bond motifs is 1. The first kappa shape index (κ1) is 20.5. The summed E-state index contributed by atoms with van der Waals surface area (Å²) in [6.07, 6.45) is 0.402. The van der Waals surface area contributed by atoms with Crippen molar-refractivity contribution in [3.8, 4) is 10.6 Å². The van der Waals surface area contributed by atoms with Crippen LogP contribution in [-0.4, -0.2) is 61.4 Å². The second-order valence-corrected chi connectivity index (χ2v) is 10.4. The highest BCUT2D eigenvalue weighted by Gasteiger charge is 2.33. The van der Waals surface area contributed by atoms with Gasteiger partial charge >= 0.3 is 5.97 Å². The summed E-state index contributed by atoms with van der Waals surface area (Å²) in [6.45, 7) is -0.444. The van der Waals surface area contributed by atoms with Crippen molar-refractivity contribution in [2.24, 2.45) is 0 Å². The minimum atomic E-state index is -3.10. The van der Waals surface area contributed by atoms with Gasteiger partial charge in [-0.2, -0.15) is 0 Å². The standard InChI is InChI=1S/C21H20N2O5S2/c1-23(14-10-11-30(26,27)13-14)19(24)12-28-21(25)16-7-3-2-6-15(16)20-22-17-8-4-5-9-18(17)29-20/h2-9,14H,10-13H2,1H3. The van der Waals surface area contributed by atoms with Gasteiger partial charge in [0.15, 0.2) is 16.4 Å². The predicted octanol–water partition coefficient (Wildman–Crippen LogP) is 2.77. The quantitative estimate of drug-likeness (QED) is 0.562. The van der Waals surface area contributed by atoms with Crippen molar-refractivity contribution in [3.05, 3.63) is 54.1 Å². The molecule has 1 aliphatic heterocycles. The predicted molar refractivity (Wildman–Crippen MR) is 115 cm³/mol. The first-order valence-electron chi connectivity index (χ1n) is 9.42. The van der Waals surface area contributed by atoms with Crippen LogP contribution in [0.5, 0.6) is 0 Å². The first-order chi connectivity index (χ1) is 14.3. The van der Waals surface area contributed by atoms with E-state index in [9.17, 15) is 18.0 Å². The zero-order chi connectivity index (χ0) is 21.3. The lowest BCUT2D eigenvalue weighted by atomic mass is 10.1. The maximum Gasteiger partial charge on any atom is 0.339 e. The summed E-state index contributed by atoms with van der Waals surface area (Å²) in [5.41, 5.74) is 1.82. The molecule has 1 atom stereocenters. The summed E-state index contributed by atoms with van der Waals surface area (Å²) in [7, 11) is -1.56. The van der Waals surface area contributed by atoms with Gasteiger partial charge in [-0.1, -0.05) is 30.3 Å². The molecule has 1 aromatic heterocycles. The molecule has 1 saturated heterocycles. The van der Waals surface area contributed by atoms with Crippen molar-refractivity contribution in [2.45, 2.75) is 12.5 Å². The number of esters is 1. The minimum Gasteiger partial charge on any atom is -0.452 e. The summed E-state index contributed by atoms with van der Waals surface area (Å²) >= 11 is 1.48. The number of rotatable bonds is 5. The van der Waals surface area contributed by atoms with Crippen molar-refractivity contribution in [1.29, 1.82) is 0 Å². The molecule has 3 aromatic rings. The normalized spacial score (nSPS) is 17.7. The number of carbonyl (C=O) groups is 2. The number of carbonyl (C=O) groups excluding carboxylic acids is 2. The molecule has 1 unspecified atom stereocenters. The fourth-order valence-corrected chi connectivity index (χ4v) is 6.21. The lowest BCUT2D eigenvalue weighted by molar-refractivity contribution is -0.134. The number of amides is 1. The largest absolute Gasteiger partial charge is 0.452 e. The Labute approximate surface area is 178 Å². The fourth-order valence-electron chi connectivity index (χ4n) is 3.43. The lowest BCUT2D eigenvalue weighted by Crippen LogP contribution is -2.40. The Morgan fingerprint density at radius 1 is 1.17 bits per heavy atom. The molecule has 0 bridgehead atoms. The average Bonchev–Trinajstić information content (AvgIpc) is 3.34. The molecule has 0 radical (unpaired) electrons. The Balaban J connectivity index is 1.47. The number of sulfone groups is 1. The van der Waals surface area contributed by atoms with Gasteiger partial charge in [0.25, 0.3) is 5.91 Å². The Morgan fingerprint density at radius 2 is 1.90 bits per heavy atom. The lowest BCUT2D eigenvalue weighted by Gasteiger charge is -2.23. The second kappa shape index (κ2) is 8.16. The van der Waals surface area contributed by atoms with Gasteiger partial charge in [0.05, 0.1) is 27.3 Å². The molecule has 9 heteroatoms. The second-order valence-electron chi connectivity index (χ2n) is 7.17. The van der Waals surface area contributed by atoms with E-state index < -0.39 is 28.3 Å². The third-order valence-electron chi connectivity index (χ3n) is 5.15. The van der Waals surface area contributed by atoms with Crippen LogP contribution in [0, 0.1) is 0 Å². The van der Waals surface area contributed by atoms with E-state index >= 15 is 0 Å². The van der Waals surface area contributed by atoms with Crippen molar-refractivity contribution < 1.29 is 22.7 Å². The molecule has 0 spiro atoms. The van der Waals surface area contributed by atoms with Crippen LogP contribution in [0.3, 0.4) is 0 Å². The number of aromatic nitrogens is 1. The summed E-state index contributed by atoms with van der Waals surface area (Å²) in [5.74, 6) is -1.03. The number of nitrogens with zero attached hydrogens (tertiary/aromatic N) is 2. The molecule has 2 aromatic carbocycles. The van der Waals surface area contributed by atoms with Crippen molar-refractivity contribution >= 4 is 43.3 Å². The van der Waals surface area contributed by atoms with E-state index in [1.54, 1.807) is 18.2 Å². The number of hydrogen-bond acceptors (Lipinski definition) is 7. The van der Waals surface area contributed by atoms with Gasteiger partial charge in [-0.25, -0.2) is 18.2 Å². The minimum absolute atomic E-state index is 0.0520. The van der Waals surface area contributed by atoms with Crippen LogP contribution in [-0.2, 0) is 19.4 Å². The Hall–Kier alpha value is -2.78. The number of likely N-dealkylation sites (N-methyl/N-ethyl adjacent to an activating group) is 1. The van der Waals surface area contributed by atoms with Gasteiger partial charge in [-0.3, -0.25) is 4.79 Å². The third kappa shape index (κ3) is 4.22. The molecule has 0 saturated carbocycles. The number of ether oxygens (including phenoxy) is 1. The van der Waals surface area contributed by atoms with E-state index in [1.165, 1.54) is 23.3 Å². The Kier molecular flexibility index (Phi) is 5.57. The summed E-state index contributed by atoms with van der Waals surface area (Å²) in [4.78, 5) is 31.0. The summed E-state index contributed by atoms with van der Waals surface area (Å²) in [6, 6.07) is 14.3. The molecule has 156 valence electrons. The highest BCUT2D eigenvalue weighted by Crippen LogP contribution is 2.32. The van der Waals surface area contributed by atoms with Gasteiger partial charge < -0.3 is 9.64 Å². The molecule has 30 heavy (non-hydrogen) atoms. The molecule has 0 N–H and O–H groups in total. The van der Waals surface area contributed by atoms with Crippen LogP contribution in [0.1, 0.15) is 16.8 Å². The number of thiazole rings is 1. The van der Waals surface area contributed by atoms with Crippen molar-refractivity contribution in [1.82, 2.24) is 9.88 Å². The van der Waals surface area contributed by atoms with Gasteiger partial charge in [-0.15, -0.1) is 11.3 Å². The molecule has 1 amide bonds. The van der Waals surface area contributed by atoms with Crippen LogP contribution < -0.4 is 0 Å². The van der Waals surface area contributed by atoms with E-state index in [4.69, 9.17) is 4.74 Å². The fraction of sp³-hybridized carbons (Fsp3) is 0.286. The molecule has 1 fully saturated rings. The molecule has 0 aliphatic carbocycles. The Morgan fingerprint density at radius 3 is 2.63 bits per heavy atom. The van der Waals surface area contributed by atoms with Crippen molar-refractivity contribution in [2.75, 3.05) is 25.2 Å². The SMILES string of the molecule is CN(C(=O)COC(=O)c1ccccc1-c1nc2ccccc2s1)C1CCS(=O)(=O)C1. The van der Waals surface area contributed by atoms with Crippen LogP contribution >= 0.6 is 11.3 Å². The highest BCUT2D eigenvalue weighted by atomic mass is 32.2. The van der Waals surface area contributed by atoms with E-state index in [0.717, 1.165) is 10.2 Å². The van der Waals surface area contributed by atoms with Crippen LogP contribution in [0.2, 0.25) is 0 Å². The van der Waals surface area contributed by atoms with E-state index in [-0.39, 0.29) is 17.5 Å². The smallest absolute Gasteiger partial charge is 0.339 e. The van der Waals surface area contributed by atoms with Gasteiger partial charge in [-0.05, 0) is 24.6 Å². The zero-order valence-corrected chi connectivity index (χ0v) is 17.9. The zero-order valence-electron chi connectivity index (χ0n) is 16.3. The Bertz CT molecular complexity index is 1190. The number of benzene rings is 2. The van der Waals surface area contributed by atoms with Crippen LogP contribution in [0.25, 0.3) is 20.8 Å². The molecule has 4 rings (SSSR count). The van der Waals surface area contributed by atoms with E-state index in [1.807, 2.05) is 30.3 Å². The third-order valence-corrected chi connectivity index (χ3v) is 7.97. The van der Waals surface area contributed by atoms with E-state index in [2.05, 4.69) is 4.98 Å². The maximum atomic E-state index is 12.7. The van der Waals surface area contributed by atoms with Crippen molar-refractivity contribution in [3.63, 3.8) is 0 Å². The maximum absolute atomic E-state index is 12.7. The monoisotopic (exact) mass is 444 g/mol. The molecule has 2 heterocycles. The van der Waals surface area contributed by atoms with Gasteiger partial charge in [0.2, 0.25) is 0 Å². The summed E-state index contributed by atoms with van der Waals surface area (Å²) in [5, 5.41) is 0.698. The topological polar surface area (TPSA) is 93.6 Å². The number of para-hydroxylation sites is 1.